The fourth-order valence-corrected chi connectivity index (χ4v) is 4.44. The van der Waals surface area contributed by atoms with Crippen LogP contribution in [0.5, 0.6) is 0 Å². The van der Waals surface area contributed by atoms with Crippen molar-refractivity contribution in [3.05, 3.63) is 34.9 Å². The van der Waals surface area contributed by atoms with E-state index in [1.807, 2.05) is 0 Å². The molecule has 0 unspecified atom stereocenters. The van der Waals surface area contributed by atoms with Crippen LogP contribution >= 0.6 is 15.2 Å². The fraction of sp³-hybridized carbons (Fsp3) is 0.625. The summed E-state index contributed by atoms with van der Waals surface area (Å²) in [7, 11) is -9.68. The number of allylic oxidation sites excluding steroid dienone is 6. The normalized spacial score (nSPS) is 14.2. The van der Waals surface area contributed by atoms with Gasteiger partial charge in [-0.2, -0.15) is 0 Å². The maximum absolute atomic E-state index is 11.2. The molecule has 140 valence electrons. The molecular formula is C16H30O6P2. The molecule has 0 atom stereocenters. The van der Waals surface area contributed by atoms with Crippen molar-refractivity contribution in [2.45, 2.75) is 65.2 Å². The van der Waals surface area contributed by atoms with Crippen molar-refractivity contribution in [1.82, 2.24) is 0 Å². The Labute approximate surface area is 144 Å². The second kappa shape index (κ2) is 10.5. The molecule has 0 amide bonds. The van der Waals surface area contributed by atoms with Crippen LogP contribution in [-0.4, -0.2) is 25.0 Å². The first-order valence-electron chi connectivity index (χ1n) is 7.89. The summed E-state index contributed by atoms with van der Waals surface area (Å²) in [5.74, 6) is 0. The molecule has 0 radical (unpaired) electrons. The lowest BCUT2D eigenvalue weighted by molar-refractivity contribution is 0.338. The van der Waals surface area contributed by atoms with E-state index in [1.54, 1.807) is 6.92 Å². The van der Waals surface area contributed by atoms with E-state index in [1.165, 1.54) is 17.2 Å². The van der Waals surface area contributed by atoms with E-state index >= 15 is 0 Å². The average molecular weight is 380 g/mol. The van der Waals surface area contributed by atoms with Gasteiger partial charge in [0, 0.05) is 0 Å². The summed E-state index contributed by atoms with van der Waals surface area (Å²) in [5, 5.41) is -1.96. The number of hydrogen-bond acceptors (Lipinski definition) is 2. The van der Waals surface area contributed by atoms with E-state index in [2.05, 4.69) is 32.9 Å². The predicted molar refractivity (Wildman–Crippen MR) is 97.9 cm³/mol. The predicted octanol–water partition coefficient (Wildman–Crippen LogP) is 4.48. The highest BCUT2D eigenvalue weighted by atomic mass is 31.2. The second-order valence-corrected chi connectivity index (χ2v) is 10.4. The van der Waals surface area contributed by atoms with Gasteiger partial charge in [-0.3, -0.25) is 9.13 Å². The lowest BCUT2D eigenvalue weighted by Gasteiger charge is -2.18. The number of hydrogen-bond donors (Lipinski definition) is 4. The molecule has 0 aromatic heterocycles. The van der Waals surface area contributed by atoms with Crippen molar-refractivity contribution in [3.63, 3.8) is 0 Å². The zero-order chi connectivity index (χ0) is 19.0. The van der Waals surface area contributed by atoms with Crippen LogP contribution in [0.1, 0.15) is 59.8 Å². The van der Waals surface area contributed by atoms with Crippen molar-refractivity contribution in [1.29, 1.82) is 0 Å². The zero-order valence-corrected chi connectivity index (χ0v) is 16.6. The molecule has 24 heavy (non-hydrogen) atoms. The van der Waals surface area contributed by atoms with Crippen LogP contribution in [0.15, 0.2) is 34.9 Å². The summed E-state index contributed by atoms with van der Waals surface area (Å²) < 4.78 is 22.4. The molecule has 0 aliphatic carbocycles. The van der Waals surface area contributed by atoms with E-state index in [0.29, 0.717) is 6.42 Å². The maximum Gasteiger partial charge on any atom is 0.341 e. The third-order valence-corrected chi connectivity index (χ3v) is 7.36. The zero-order valence-electron chi connectivity index (χ0n) is 14.8. The molecule has 0 saturated heterocycles. The third kappa shape index (κ3) is 11.1. The molecular weight excluding hydrogens is 350 g/mol. The molecule has 0 aromatic rings. The molecule has 8 heteroatoms. The van der Waals surface area contributed by atoms with Gasteiger partial charge in [0.15, 0.2) is 5.40 Å². The lowest BCUT2D eigenvalue weighted by Crippen LogP contribution is -2.08. The van der Waals surface area contributed by atoms with Gasteiger partial charge in [0.2, 0.25) is 0 Å². The van der Waals surface area contributed by atoms with Crippen LogP contribution in [-0.2, 0) is 9.13 Å². The van der Waals surface area contributed by atoms with Crippen molar-refractivity contribution in [3.8, 4) is 0 Å². The molecule has 0 heterocycles. The summed E-state index contributed by atoms with van der Waals surface area (Å²) in [6.45, 7) is 7.99. The van der Waals surface area contributed by atoms with Gasteiger partial charge in [-0.25, -0.2) is 0 Å². The summed E-state index contributed by atoms with van der Waals surface area (Å²) >= 11 is 0. The summed E-state index contributed by atoms with van der Waals surface area (Å²) in [6, 6.07) is 0. The van der Waals surface area contributed by atoms with Crippen LogP contribution in [0.25, 0.3) is 0 Å². The van der Waals surface area contributed by atoms with E-state index in [-0.39, 0.29) is 6.42 Å². The Hall–Kier alpha value is -0.480. The minimum absolute atomic E-state index is 0.330. The second-order valence-electron chi connectivity index (χ2n) is 6.35. The van der Waals surface area contributed by atoms with Gasteiger partial charge in [-0.15, -0.1) is 0 Å². The monoisotopic (exact) mass is 380 g/mol. The van der Waals surface area contributed by atoms with Crippen LogP contribution in [0.2, 0.25) is 0 Å². The Morgan fingerprint density at radius 1 is 0.792 bits per heavy atom. The first-order chi connectivity index (χ1) is 10.8. The Balaban J connectivity index is 4.53. The average Bonchev–Trinajstić information content (AvgIpc) is 2.34. The molecule has 6 nitrogen and oxygen atoms in total. The molecule has 0 spiro atoms. The van der Waals surface area contributed by atoms with Gasteiger partial charge in [0.05, 0.1) is 0 Å². The van der Waals surface area contributed by atoms with Crippen molar-refractivity contribution >= 4 is 15.2 Å². The molecule has 0 saturated carbocycles. The van der Waals surface area contributed by atoms with Gasteiger partial charge in [-0.1, -0.05) is 34.9 Å². The summed E-state index contributed by atoms with van der Waals surface area (Å²) in [6.07, 6.45) is 8.97. The fourth-order valence-electron chi connectivity index (χ4n) is 2.12. The smallest absolute Gasteiger partial charge is 0.324 e. The number of rotatable bonds is 10. The summed E-state index contributed by atoms with van der Waals surface area (Å²) in [4.78, 5) is 36.3. The SMILES string of the molecule is CC(C)=CCC/C(C)=C\CC/C(C)=C/CC(P(=O)(O)O)P(=O)(O)O. The van der Waals surface area contributed by atoms with Crippen LogP contribution < -0.4 is 0 Å². The van der Waals surface area contributed by atoms with E-state index in [4.69, 9.17) is 19.6 Å². The topological polar surface area (TPSA) is 115 Å². The maximum atomic E-state index is 11.2. The molecule has 0 rings (SSSR count). The first-order valence-corrected chi connectivity index (χ1v) is 11.3. The van der Waals surface area contributed by atoms with Gasteiger partial charge in [-0.05, 0) is 59.8 Å². The van der Waals surface area contributed by atoms with Crippen molar-refractivity contribution in [2.75, 3.05) is 0 Å². The van der Waals surface area contributed by atoms with Crippen molar-refractivity contribution < 1.29 is 28.7 Å². The van der Waals surface area contributed by atoms with Gasteiger partial charge in [0.25, 0.3) is 0 Å². The molecule has 4 N–H and O–H groups in total. The molecule has 0 aromatic carbocycles. The van der Waals surface area contributed by atoms with E-state index in [0.717, 1.165) is 24.8 Å². The molecule has 0 aliphatic rings. The van der Waals surface area contributed by atoms with Crippen molar-refractivity contribution in [2.24, 2.45) is 0 Å². The van der Waals surface area contributed by atoms with Crippen LogP contribution in [0, 0.1) is 0 Å². The van der Waals surface area contributed by atoms with Gasteiger partial charge >= 0.3 is 15.2 Å². The van der Waals surface area contributed by atoms with Crippen LogP contribution in [0.3, 0.4) is 0 Å². The lowest BCUT2D eigenvalue weighted by atomic mass is 10.1. The largest absolute Gasteiger partial charge is 0.341 e. The minimum atomic E-state index is -4.84. The Kier molecular flexibility index (Phi) is 10.3. The highest BCUT2D eigenvalue weighted by molar-refractivity contribution is 7.70. The first kappa shape index (κ1) is 23.5. The quantitative estimate of drug-likeness (QED) is 0.328. The highest BCUT2D eigenvalue weighted by Gasteiger charge is 2.42. The van der Waals surface area contributed by atoms with E-state index in [9.17, 15) is 9.13 Å². The molecule has 0 fully saturated rings. The Bertz CT molecular complexity index is 553. The van der Waals surface area contributed by atoms with Gasteiger partial charge in [0.1, 0.15) is 0 Å². The molecule has 0 aliphatic heterocycles. The van der Waals surface area contributed by atoms with E-state index < -0.39 is 20.6 Å². The standard InChI is InChI=1S/C16H30O6P2/c1-13(2)7-5-8-14(3)9-6-10-15(4)11-12-16(23(17,18)19)24(20,21)22/h7,9,11,16H,5-6,8,10,12H2,1-4H3,(H2,17,18,19)(H2,20,21,22)/b14-9-,15-11+. The third-order valence-electron chi connectivity index (χ3n) is 3.58. The molecule has 0 bridgehead atoms. The Morgan fingerprint density at radius 2 is 1.21 bits per heavy atom. The Morgan fingerprint density at radius 3 is 1.62 bits per heavy atom. The highest BCUT2D eigenvalue weighted by Crippen LogP contribution is 2.61. The van der Waals surface area contributed by atoms with Crippen LogP contribution in [0.4, 0.5) is 0 Å². The summed E-state index contributed by atoms with van der Waals surface area (Å²) in [5.41, 5.74) is 3.44. The minimum Gasteiger partial charge on any atom is -0.324 e. The van der Waals surface area contributed by atoms with Gasteiger partial charge < -0.3 is 19.6 Å².